The fourth-order valence-corrected chi connectivity index (χ4v) is 4.59. The average molecular weight is 397 g/mol. The molecule has 0 unspecified atom stereocenters. The number of pyridine rings is 1. The lowest BCUT2D eigenvalue weighted by atomic mass is 9.96. The van der Waals surface area contributed by atoms with Crippen LogP contribution in [0.4, 0.5) is 0 Å². The van der Waals surface area contributed by atoms with Crippen LogP contribution in [0.1, 0.15) is 34.6 Å². The molecule has 0 saturated heterocycles. The second-order valence-corrected chi connectivity index (χ2v) is 7.99. The van der Waals surface area contributed by atoms with Gasteiger partial charge < -0.3 is 13.9 Å². The van der Waals surface area contributed by atoms with Crippen LogP contribution < -0.4 is 0 Å². The average Bonchev–Trinajstić information content (AvgIpc) is 3.19. The first kappa shape index (κ1) is 17.1. The van der Waals surface area contributed by atoms with Gasteiger partial charge in [-0.3, -0.25) is 9.78 Å². The van der Waals surface area contributed by atoms with E-state index in [-0.39, 0.29) is 11.4 Å². The first-order valence-electron chi connectivity index (χ1n) is 9.92. The van der Waals surface area contributed by atoms with E-state index in [1.807, 2.05) is 41.8 Å². The maximum Gasteiger partial charge on any atom is 0.271 e. The monoisotopic (exact) mass is 397 g/mol. The van der Waals surface area contributed by atoms with E-state index in [2.05, 4.69) is 39.4 Å². The van der Waals surface area contributed by atoms with Crippen molar-refractivity contribution < 1.29 is 9.21 Å². The number of aromatic nitrogens is 4. The van der Waals surface area contributed by atoms with Crippen molar-refractivity contribution in [3.05, 3.63) is 72.1 Å². The molecule has 30 heavy (non-hydrogen) atoms. The number of amides is 1. The van der Waals surface area contributed by atoms with Crippen LogP contribution in [-0.4, -0.2) is 37.6 Å². The Labute approximate surface area is 173 Å². The molecular formula is C23H19N5O2. The summed E-state index contributed by atoms with van der Waals surface area (Å²) in [6.45, 7) is 2.01. The molecule has 6 rings (SSSR count). The lowest BCUT2D eigenvalue weighted by Gasteiger charge is -2.27. The van der Waals surface area contributed by atoms with Crippen molar-refractivity contribution in [2.75, 3.05) is 7.05 Å². The van der Waals surface area contributed by atoms with Crippen molar-refractivity contribution in [3.8, 4) is 28.3 Å². The SMILES string of the molecule is Cc1ncccc1-c1ccc2c(c1)-n1cc(-c3nnco3)cc1C(=O)N(C)C21CC1. The number of aryl methyl sites for hydroxylation is 1. The molecule has 7 heteroatoms. The van der Waals surface area contributed by atoms with Crippen LogP contribution in [-0.2, 0) is 5.54 Å². The Morgan fingerprint density at radius 3 is 2.73 bits per heavy atom. The molecule has 0 bridgehead atoms. The van der Waals surface area contributed by atoms with Gasteiger partial charge in [0.25, 0.3) is 5.91 Å². The van der Waals surface area contributed by atoms with E-state index in [1.165, 1.54) is 6.39 Å². The Kier molecular flexibility index (Phi) is 3.36. The lowest BCUT2D eigenvalue weighted by Crippen LogP contribution is -2.36. The molecule has 1 spiro atoms. The van der Waals surface area contributed by atoms with Crippen LogP contribution in [0.15, 0.2) is 59.6 Å². The first-order valence-corrected chi connectivity index (χ1v) is 9.92. The molecule has 0 N–H and O–H groups in total. The smallest absolute Gasteiger partial charge is 0.271 e. The largest absolute Gasteiger partial charge is 0.423 e. The zero-order chi connectivity index (χ0) is 20.5. The molecule has 0 radical (unpaired) electrons. The maximum atomic E-state index is 13.4. The molecule has 0 atom stereocenters. The van der Waals surface area contributed by atoms with Crippen LogP contribution in [0.25, 0.3) is 28.3 Å². The highest BCUT2D eigenvalue weighted by Crippen LogP contribution is 2.54. The van der Waals surface area contributed by atoms with E-state index in [1.54, 1.807) is 6.20 Å². The fraction of sp³-hybridized carbons (Fsp3) is 0.217. The molecular weight excluding hydrogens is 378 g/mol. The van der Waals surface area contributed by atoms with E-state index < -0.39 is 0 Å². The summed E-state index contributed by atoms with van der Waals surface area (Å²) in [7, 11) is 1.90. The van der Waals surface area contributed by atoms with Gasteiger partial charge in [0.05, 0.1) is 16.8 Å². The summed E-state index contributed by atoms with van der Waals surface area (Å²) in [6.07, 6.45) is 6.94. The molecule has 148 valence electrons. The van der Waals surface area contributed by atoms with E-state index in [0.29, 0.717) is 11.6 Å². The first-order chi connectivity index (χ1) is 14.6. The Hall–Kier alpha value is -3.74. The number of benzene rings is 1. The molecule has 1 fully saturated rings. The van der Waals surface area contributed by atoms with Crippen molar-refractivity contribution in [3.63, 3.8) is 0 Å². The van der Waals surface area contributed by atoms with Gasteiger partial charge in [-0.15, -0.1) is 10.2 Å². The summed E-state index contributed by atoms with van der Waals surface area (Å²) in [4.78, 5) is 19.7. The van der Waals surface area contributed by atoms with Gasteiger partial charge in [-0.25, -0.2) is 0 Å². The fourth-order valence-electron chi connectivity index (χ4n) is 4.59. The molecule has 1 aliphatic carbocycles. The van der Waals surface area contributed by atoms with E-state index in [9.17, 15) is 4.79 Å². The summed E-state index contributed by atoms with van der Waals surface area (Å²) in [5.74, 6) is 0.390. The minimum Gasteiger partial charge on any atom is -0.423 e. The van der Waals surface area contributed by atoms with Gasteiger partial charge in [0.1, 0.15) is 5.69 Å². The van der Waals surface area contributed by atoms with E-state index >= 15 is 0 Å². The molecule has 4 heterocycles. The highest BCUT2D eigenvalue weighted by Gasteiger charge is 2.53. The zero-order valence-electron chi connectivity index (χ0n) is 16.7. The topological polar surface area (TPSA) is 77.0 Å². The van der Waals surface area contributed by atoms with Crippen LogP contribution in [0.3, 0.4) is 0 Å². The predicted molar refractivity (Wildman–Crippen MR) is 110 cm³/mol. The van der Waals surface area contributed by atoms with Crippen molar-refractivity contribution in [2.24, 2.45) is 0 Å². The maximum absolute atomic E-state index is 13.4. The second kappa shape index (κ2) is 5.89. The third-order valence-corrected chi connectivity index (χ3v) is 6.39. The minimum atomic E-state index is -0.238. The van der Waals surface area contributed by atoms with Crippen molar-refractivity contribution >= 4 is 5.91 Å². The standard InChI is InChI=1S/C23H19N5O2/c1-14-17(4-3-9-24-14)15-5-6-18-19(10-15)28-12-16(21-26-25-13-30-21)11-20(28)22(29)27(2)23(18)7-8-23/h3-6,9-13H,7-8H2,1-2H3. The number of carbonyl (C=O) groups is 1. The predicted octanol–water partition coefficient (Wildman–Crippen LogP) is 3.97. The molecule has 1 amide bonds. The summed E-state index contributed by atoms with van der Waals surface area (Å²) in [5.41, 5.74) is 6.38. The van der Waals surface area contributed by atoms with Gasteiger partial charge in [0.2, 0.25) is 12.3 Å². The van der Waals surface area contributed by atoms with Crippen LogP contribution >= 0.6 is 0 Å². The van der Waals surface area contributed by atoms with Crippen LogP contribution in [0.5, 0.6) is 0 Å². The Bertz CT molecular complexity index is 1300. The highest BCUT2D eigenvalue weighted by molar-refractivity contribution is 5.97. The summed E-state index contributed by atoms with van der Waals surface area (Å²) in [5, 5.41) is 7.78. The van der Waals surface area contributed by atoms with Crippen LogP contribution in [0, 0.1) is 6.92 Å². The molecule has 4 aromatic rings. The minimum absolute atomic E-state index is 0.00595. The molecule has 1 aliphatic heterocycles. The number of nitrogens with zero attached hydrogens (tertiary/aromatic N) is 5. The van der Waals surface area contributed by atoms with Gasteiger partial charge >= 0.3 is 0 Å². The summed E-state index contributed by atoms with van der Waals surface area (Å²) < 4.78 is 7.34. The summed E-state index contributed by atoms with van der Waals surface area (Å²) >= 11 is 0. The van der Waals surface area contributed by atoms with Gasteiger partial charge in [-0.2, -0.15) is 0 Å². The van der Waals surface area contributed by atoms with Gasteiger partial charge in [-0.1, -0.05) is 18.2 Å². The quantitative estimate of drug-likeness (QED) is 0.511. The number of carbonyl (C=O) groups excluding carboxylic acids is 1. The third-order valence-electron chi connectivity index (χ3n) is 6.39. The number of hydrogen-bond acceptors (Lipinski definition) is 5. The van der Waals surface area contributed by atoms with Crippen molar-refractivity contribution in [2.45, 2.75) is 25.3 Å². The third kappa shape index (κ3) is 2.26. The zero-order valence-corrected chi connectivity index (χ0v) is 16.7. The molecule has 1 saturated carbocycles. The normalized spacial score (nSPS) is 16.3. The Balaban J connectivity index is 1.62. The molecule has 7 nitrogen and oxygen atoms in total. The summed E-state index contributed by atoms with van der Waals surface area (Å²) in [6, 6.07) is 12.3. The van der Waals surface area contributed by atoms with E-state index in [0.717, 1.165) is 46.5 Å². The van der Waals surface area contributed by atoms with E-state index in [4.69, 9.17) is 4.42 Å². The van der Waals surface area contributed by atoms with Crippen LogP contribution in [0.2, 0.25) is 0 Å². The van der Waals surface area contributed by atoms with Gasteiger partial charge in [-0.05, 0) is 43.5 Å². The number of hydrogen-bond donors (Lipinski definition) is 0. The van der Waals surface area contributed by atoms with Gasteiger partial charge in [0.15, 0.2) is 0 Å². The van der Waals surface area contributed by atoms with Gasteiger partial charge in [0, 0.05) is 36.3 Å². The number of rotatable bonds is 2. The van der Waals surface area contributed by atoms with Crippen molar-refractivity contribution in [1.29, 1.82) is 0 Å². The van der Waals surface area contributed by atoms with Crippen molar-refractivity contribution in [1.82, 2.24) is 24.6 Å². The highest BCUT2D eigenvalue weighted by atomic mass is 16.4. The Morgan fingerprint density at radius 2 is 2.00 bits per heavy atom. The lowest BCUT2D eigenvalue weighted by molar-refractivity contribution is 0.0705. The molecule has 1 aromatic carbocycles. The Morgan fingerprint density at radius 1 is 1.13 bits per heavy atom. The molecule has 2 aliphatic rings. The molecule has 3 aromatic heterocycles. The number of fused-ring (bicyclic) bond motifs is 4. The second-order valence-electron chi connectivity index (χ2n) is 7.99.